The Bertz CT molecular complexity index is 355. The third-order valence-corrected chi connectivity index (χ3v) is 4.00. The summed E-state index contributed by atoms with van der Waals surface area (Å²) in [7, 11) is 0. The number of carbonyl (C=O) groups excluding carboxylic acids is 2. The Morgan fingerprint density at radius 1 is 1.33 bits per heavy atom. The summed E-state index contributed by atoms with van der Waals surface area (Å²) in [6.07, 6.45) is 2.55. The second kappa shape index (κ2) is 4.56. The summed E-state index contributed by atoms with van der Waals surface area (Å²) in [5, 5.41) is 2.82. The van der Waals surface area contributed by atoms with Crippen molar-refractivity contribution in [2.45, 2.75) is 46.6 Å². The van der Waals surface area contributed by atoms with E-state index in [-0.39, 0.29) is 29.8 Å². The summed E-state index contributed by atoms with van der Waals surface area (Å²) in [6, 6.07) is -0.384. The number of nitrogens with one attached hydrogen (secondary N) is 1. The smallest absolute Gasteiger partial charge is 0.246 e. The van der Waals surface area contributed by atoms with Gasteiger partial charge in [0.25, 0.3) is 0 Å². The standard InChI is InChI=1S/C14H24N2O2/c1-9(10-5-6-10)7-16-8-11(17)15-12(13(16)18)14(2,3)4/h9-10,12H,5-8H2,1-4H3,(H,15,17). The highest BCUT2D eigenvalue weighted by Crippen LogP contribution is 2.37. The molecule has 1 heterocycles. The Balaban J connectivity index is 2.05. The lowest BCUT2D eigenvalue weighted by molar-refractivity contribution is -0.148. The van der Waals surface area contributed by atoms with E-state index in [1.54, 1.807) is 4.90 Å². The normalized spacial score (nSPS) is 27.1. The molecule has 18 heavy (non-hydrogen) atoms. The molecule has 4 heteroatoms. The third-order valence-electron chi connectivity index (χ3n) is 4.00. The van der Waals surface area contributed by atoms with E-state index in [4.69, 9.17) is 0 Å². The summed E-state index contributed by atoms with van der Waals surface area (Å²) in [4.78, 5) is 25.9. The van der Waals surface area contributed by atoms with Gasteiger partial charge in [-0.05, 0) is 30.1 Å². The lowest BCUT2D eigenvalue weighted by Gasteiger charge is -2.39. The van der Waals surface area contributed by atoms with E-state index >= 15 is 0 Å². The predicted octanol–water partition coefficient (Wildman–Crippen LogP) is 1.41. The first-order chi connectivity index (χ1) is 8.29. The van der Waals surface area contributed by atoms with Crippen LogP contribution in [0.1, 0.15) is 40.5 Å². The maximum absolute atomic E-state index is 12.4. The fourth-order valence-electron chi connectivity index (χ4n) is 2.61. The van der Waals surface area contributed by atoms with Crippen molar-refractivity contribution in [3.8, 4) is 0 Å². The fraction of sp³-hybridized carbons (Fsp3) is 0.857. The molecule has 0 aromatic carbocycles. The molecule has 2 fully saturated rings. The van der Waals surface area contributed by atoms with Gasteiger partial charge in [-0.2, -0.15) is 0 Å². The van der Waals surface area contributed by atoms with Crippen LogP contribution in [-0.2, 0) is 9.59 Å². The number of carbonyl (C=O) groups is 2. The van der Waals surface area contributed by atoms with Gasteiger partial charge in [0.1, 0.15) is 6.04 Å². The minimum atomic E-state index is -0.384. The number of hydrogen-bond donors (Lipinski definition) is 1. The monoisotopic (exact) mass is 252 g/mol. The number of amides is 2. The molecule has 0 radical (unpaired) electrons. The maximum atomic E-state index is 12.4. The van der Waals surface area contributed by atoms with Crippen LogP contribution in [0.4, 0.5) is 0 Å². The zero-order chi connectivity index (χ0) is 13.5. The first-order valence-corrected chi connectivity index (χ1v) is 6.87. The molecule has 4 nitrogen and oxygen atoms in total. The first kappa shape index (κ1) is 13.4. The predicted molar refractivity (Wildman–Crippen MR) is 69.9 cm³/mol. The van der Waals surface area contributed by atoms with Crippen molar-refractivity contribution in [3.63, 3.8) is 0 Å². The van der Waals surface area contributed by atoms with Crippen LogP contribution in [0.25, 0.3) is 0 Å². The van der Waals surface area contributed by atoms with E-state index in [1.165, 1.54) is 12.8 Å². The highest BCUT2D eigenvalue weighted by molar-refractivity contribution is 5.95. The van der Waals surface area contributed by atoms with Crippen LogP contribution in [-0.4, -0.2) is 35.8 Å². The zero-order valence-corrected chi connectivity index (χ0v) is 11.8. The van der Waals surface area contributed by atoms with E-state index in [0.717, 1.165) is 12.5 Å². The van der Waals surface area contributed by atoms with Crippen molar-refractivity contribution in [3.05, 3.63) is 0 Å². The number of nitrogens with zero attached hydrogens (tertiary/aromatic N) is 1. The second-order valence-corrected chi connectivity index (χ2v) is 6.90. The van der Waals surface area contributed by atoms with Crippen LogP contribution in [0.15, 0.2) is 0 Å². The average Bonchev–Trinajstić information content (AvgIpc) is 3.04. The summed E-state index contributed by atoms with van der Waals surface area (Å²) in [5.74, 6) is 1.32. The molecule has 0 aromatic rings. The molecule has 2 unspecified atom stereocenters. The fourth-order valence-corrected chi connectivity index (χ4v) is 2.61. The molecule has 0 spiro atoms. The third kappa shape index (κ3) is 2.85. The molecule has 1 saturated carbocycles. The SMILES string of the molecule is CC(CN1CC(=O)NC(C(C)(C)C)C1=O)C1CC1. The molecule has 2 amide bonds. The molecule has 1 saturated heterocycles. The molecule has 0 bridgehead atoms. The molecule has 2 rings (SSSR count). The lowest BCUT2D eigenvalue weighted by atomic mass is 9.84. The molecular weight excluding hydrogens is 228 g/mol. The minimum Gasteiger partial charge on any atom is -0.342 e. The highest BCUT2D eigenvalue weighted by Gasteiger charge is 2.41. The molecule has 102 valence electrons. The molecule has 0 aromatic heterocycles. The van der Waals surface area contributed by atoms with Gasteiger partial charge >= 0.3 is 0 Å². The summed E-state index contributed by atoms with van der Waals surface area (Å²) < 4.78 is 0. The van der Waals surface area contributed by atoms with Gasteiger partial charge in [-0.25, -0.2) is 0 Å². The summed E-state index contributed by atoms with van der Waals surface area (Å²) >= 11 is 0. The molecule has 2 atom stereocenters. The van der Waals surface area contributed by atoms with Crippen molar-refractivity contribution in [1.29, 1.82) is 0 Å². The van der Waals surface area contributed by atoms with Crippen molar-refractivity contribution in [1.82, 2.24) is 10.2 Å². The van der Waals surface area contributed by atoms with Crippen molar-refractivity contribution in [2.24, 2.45) is 17.3 Å². The van der Waals surface area contributed by atoms with Gasteiger partial charge in [-0.15, -0.1) is 0 Å². The Morgan fingerprint density at radius 2 is 1.94 bits per heavy atom. The van der Waals surface area contributed by atoms with Crippen molar-refractivity contribution < 1.29 is 9.59 Å². The maximum Gasteiger partial charge on any atom is 0.246 e. The van der Waals surface area contributed by atoms with Crippen LogP contribution in [0.5, 0.6) is 0 Å². The van der Waals surface area contributed by atoms with E-state index in [9.17, 15) is 9.59 Å². The Kier molecular flexibility index (Phi) is 3.39. The average molecular weight is 252 g/mol. The van der Waals surface area contributed by atoms with Gasteiger partial charge in [0.15, 0.2) is 0 Å². The molecule has 1 N–H and O–H groups in total. The molecule has 2 aliphatic rings. The van der Waals surface area contributed by atoms with E-state index < -0.39 is 0 Å². The first-order valence-electron chi connectivity index (χ1n) is 6.87. The van der Waals surface area contributed by atoms with Crippen LogP contribution >= 0.6 is 0 Å². The van der Waals surface area contributed by atoms with Gasteiger partial charge in [-0.1, -0.05) is 27.7 Å². The van der Waals surface area contributed by atoms with Gasteiger partial charge < -0.3 is 10.2 Å². The quantitative estimate of drug-likeness (QED) is 0.825. The molecule has 1 aliphatic heterocycles. The summed E-state index contributed by atoms with van der Waals surface area (Å²) in [6.45, 7) is 9.10. The largest absolute Gasteiger partial charge is 0.342 e. The van der Waals surface area contributed by atoms with E-state index in [2.05, 4.69) is 12.2 Å². The zero-order valence-electron chi connectivity index (χ0n) is 11.8. The van der Waals surface area contributed by atoms with Crippen LogP contribution in [0.3, 0.4) is 0 Å². The van der Waals surface area contributed by atoms with E-state index in [0.29, 0.717) is 5.92 Å². The topological polar surface area (TPSA) is 49.4 Å². The van der Waals surface area contributed by atoms with Gasteiger partial charge in [0, 0.05) is 6.54 Å². The van der Waals surface area contributed by atoms with Crippen molar-refractivity contribution in [2.75, 3.05) is 13.1 Å². The van der Waals surface area contributed by atoms with Crippen LogP contribution in [0.2, 0.25) is 0 Å². The Hall–Kier alpha value is -1.06. The summed E-state index contributed by atoms with van der Waals surface area (Å²) in [5.41, 5.74) is -0.228. The molecular formula is C14H24N2O2. The molecule has 1 aliphatic carbocycles. The van der Waals surface area contributed by atoms with Crippen molar-refractivity contribution >= 4 is 11.8 Å². The number of rotatable bonds is 3. The Morgan fingerprint density at radius 3 is 2.44 bits per heavy atom. The van der Waals surface area contributed by atoms with Crippen LogP contribution < -0.4 is 5.32 Å². The van der Waals surface area contributed by atoms with Gasteiger partial charge in [0.2, 0.25) is 11.8 Å². The van der Waals surface area contributed by atoms with Gasteiger partial charge in [-0.3, -0.25) is 9.59 Å². The second-order valence-electron chi connectivity index (χ2n) is 6.90. The lowest BCUT2D eigenvalue weighted by Crippen LogP contribution is -2.62. The number of hydrogen-bond acceptors (Lipinski definition) is 2. The van der Waals surface area contributed by atoms with Crippen LogP contribution in [0, 0.1) is 17.3 Å². The highest BCUT2D eigenvalue weighted by atomic mass is 16.2. The van der Waals surface area contributed by atoms with Gasteiger partial charge in [0.05, 0.1) is 6.54 Å². The Labute approximate surface area is 109 Å². The number of piperazine rings is 1. The minimum absolute atomic E-state index is 0.0301. The van der Waals surface area contributed by atoms with E-state index in [1.807, 2.05) is 20.8 Å².